The van der Waals surface area contributed by atoms with Gasteiger partial charge in [0.1, 0.15) is 0 Å². The van der Waals surface area contributed by atoms with Crippen LogP contribution in [-0.2, 0) is 6.54 Å². The quantitative estimate of drug-likeness (QED) is 0.657. The van der Waals surface area contributed by atoms with Gasteiger partial charge in [-0.1, -0.05) is 48.5 Å². The fraction of sp³-hybridized carbons (Fsp3) is 0.105. The van der Waals surface area contributed by atoms with Crippen LogP contribution in [0.3, 0.4) is 0 Å². The van der Waals surface area contributed by atoms with Crippen LogP contribution in [0.2, 0.25) is 0 Å². The molecule has 0 saturated heterocycles. The first-order valence-corrected chi connectivity index (χ1v) is 8.20. The van der Waals surface area contributed by atoms with Crippen molar-refractivity contribution in [1.29, 1.82) is 0 Å². The van der Waals surface area contributed by atoms with Crippen molar-refractivity contribution in [2.24, 2.45) is 0 Å². The van der Waals surface area contributed by atoms with Gasteiger partial charge in [-0.3, -0.25) is 4.79 Å². The molecule has 1 atom stereocenters. The standard InChI is InChI=1S/C19H15NOS/c21-18-16-10-6-12-20(16)13-15-9-4-5-11-17(15)22-19(18)14-7-2-1-3-8-14/h1-12,19H,13H2. The van der Waals surface area contributed by atoms with Crippen LogP contribution in [0.5, 0.6) is 0 Å². The van der Waals surface area contributed by atoms with Gasteiger partial charge in [0.25, 0.3) is 0 Å². The third-order valence-corrected chi connectivity index (χ3v) is 5.35. The zero-order valence-electron chi connectivity index (χ0n) is 12.0. The topological polar surface area (TPSA) is 22.0 Å². The van der Waals surface area contributed by atoms with Crippen LogP contribution in [0.15, 0.2) is 77.8 Å². The molecule has 1 unspecified atom stereocenters. The highest BCUT2D eigenvalue weighted by atomic mass is 32.2. The Hall–Kier alpha value is -2.26. The lowest BCUT2D eigenvalue weighted by Crippen LogP contribution is -2.18. The van der Waals surface area contributed by atoms with Gasteiger partial charge in [-0.2, -0.15) is 0 Å². The van der Waals surface area contributed by atoms with Crippen LogP contribution < -0.4 is 0 Å². The van der Waals surface area contributed by atoms with Gasteiger partial charge < -0.3 is 4.57 Å². The zero-order chi connectivity index (χ0) is 14.9. The molecule has 2 nitrogen and oxygen atoms in total. The van der Waals surface area contributed by atoms with E-state index in [2.05, 4.69) is 22.8 Å². The van der Waals surface area contributed by atoms with Gasteiger partial charge in [-0.05, 0) is 29.3 Å². The Morgan fingerprint density at radius 2 is 1.68 bits per heavy atom. The monoisotopic (exact) mass is 305 g/mol. The lowest BCUT2D eigenvalue weighted by atomic mass is 10.1. The SMILES string of the molecule is O=C1c2cccn2Cc2ccccc2SC1c1ccccc1. The Balaban J connectivity index is 1.88. The summed E-state index contributed by atoms with van der Waals surface area (Å²) in [6.07, 6.45) is 1.99. The average Bonchev–Trinajstić information content (AvgIpc) is 3.01. The van der Waals surface area contributed by atoms with E-state index in [1.165, 1.54) is 10.5 Å². The largest absolute Gasteiger partial charge is 0.341 e. The van der Waals surface area contributed by atoms with E-state index in [0.717, 1.165) is 17.8 Å². The number of hydrogen-bond donors (Lipinski definition) is 0. The second-order valence-electron chi connectivity index (χ2n) is 5.40. The minimum absolute atomic E-state index is 0.177. The highest BCUT2D eigenvalue weighted by Gasteiger charge is 2.28. The van der Waals surface area contributed by atoms with Gasteiger partial charge >= 0.3 is 0 Å². The molecule has 3 aromatic rings. The minimum Gasteiger partial charge on any atom is -0.341 e. The van der Waals surface area contributed by atoms with Crippen LogP contribution in [0.1, 0.15) is 26.9 Å². The van der Waals surface area contributed by atoms with Crippen molar-refractivity contribution < 1.29 is 4.79 Å². The number of hydrogen-bond acceptors (Lipinski definition) is 2. The van der Waals surface area contributed by atoms with Gasteiger partial charge in [0.15, 0.2) is 5.78 Å². The molecule has 1 aliphatic rings. The van der Waals surface area contributed by atoms with Crippen LogP contribution >= 0.6 is 11.8 Å². The molecule has 0 aliphatic carbocycles. The Bertz CT molecular complexity index is 822. The summed E-state index contributed by atoms with van der Waals surface area (Å²) < 4.78 is 2.05. The Morgan fingerprint density at radius 1 is 0.909 bits per heavy atom. The summed E-state index contributed by atoms with van der Waals surface area (Å²) in [7, 11) is 0. The van der Waals surface area contributed by atoms with E-state index < -0.39 is 0 Å². The molecule has 4 rings (SSSR count). The summed E-state index contributed by atoms with van der Waals surface area (Å²) in [5, 5.41) is -0.198. The molecule has 0 N–H and O–H groups in total. The fourth-order valence-electron chi connectivity index (χ4n) is 2.87. The molecule has 1 aromatic heterocycles. The third-order valence-electron chi connectivity index (χ3n) is 3.98. The molecule has 0 spiro atoms. The first-order valence-electron chi connectivity index (χ1n) is 7.32. The Kier molecular flexibility index (Phi) is 3.35. The summed E-state index contributed by atoms with van der Waals surface area (Å²) in [4.78, 5) is 14.2. The van der Waals surface area contributed by atoms with Gasteiger partial charge in [-0.25, -0.2) is 0 Å². The van der Waals surface area contributed by atoms with Crippen molar-refractivity contribution in [3.8, 4) is 0 Å². The summed E-state index contributed by atoms with van der Waals surface area (Å²) in [5.41, 5.74) is 3.11. The number of carbonyl (C=O) groups is 1. The van der Waals surface area contributed by atoms with Crippen LogP contribution in [0.25, 0.3) is 0 Å². The molecule has 0 radical (unpaired) electrons. The Labute approximate surface area is 133 Å². The van der Waals surface area contributed by atoms with E-state index in [-0.39, 0.29) is 11.0 Å². The normalized spacial score (nSPS) is 17.3. The zero-order valence-corrected chi connectivity index (χ0v) is 12.8. The van der Waals surface area contributed by atoms with Crippen molar-refractivity contribution in [3.63, 3.8) is 0 Å². The number of carbonyl (C=O) groups excluding carboxylic acids is 1. The summed E-state index contributed by atoms with van der Waals surface area (Å²) in [6.45, 7) is 0.749. The van der Waals surface area contributed by atoms with Gasteiger partial charge in [0.2, 0.25) is 0 Å². The molecule has 0 bridgehead atoms. The van der Waals surface area contributed by atoms with Crippen molar-refractivity contribution in [1.82, 2.24) is 4.57 Å². The van der Waals surface area contributed by atoms with Crippen molar-refractivity contribution in [2.45, 2.75) is 16.7 Å². The number of thioether (sulfide) groups is 1. The van der Waals surface area contributed by atoms with Crippen molar-refractivity contribution in [2.75, 3.05) is 0 Å². The van der Waals surface area contributed by atoms with E-state index >= 15 is 0 Å². The number of Topliss-reactive ketones (excluding diaryl/α,β-unsaturated/α-hetero) is 1. The maximum atomic E-state index is 13.0. The van der Waals surface area contributed by atoms with Crippen molar-refractivity contribution >= 4 is 17.5 Å². The highest BCUT2D eigenvalue weighted by molar-refractivity contribution is 8.00. The van der Waals surface area contributed by atoms with Gasteiger partial charge in [0, 0.05) is 17.6 Å². The van der Waals surface area contributed by atoms with Crippen LogP contribution in [0.4, 0.5) is 0 Å². The number of rotatable bonds is 1. The smallest absolute Gasteiger partial charge is 0.196 e. The lowest BCUT2D eigenvalue weighted by molar-refractivity contribution is 0.0980. The molecule has 1 aliphatic heterocycles. The first-order chi connectivity index (χ1) is 10.8. The fourth-order valence-corrected chi connectivity index (χ4v) is 4.09. The molecule has 0 amide bonds. The average molecular weight is 305 g/mol. The van der Waals surface area contributed by atoms with Gasteiger partial charge in [-0.15, -0.1) is 11.8 Å². The predicted molar refractivity (Wildman–Crippen MR) is 89.3 cm³/mol. The third kappa shape index (κ3) is 2.28. The second kappa shape index (κ2) is 5.50. The lowest BCUT2D eigenvalue weighted by Gasteiger charge is -2.22. The molecule has 2 heterocycles. The predicted octanol–water partition coefficient (Wildman–Crippen LogP) is 4.57. The van der Waals surface area contributed by atoms with Crippen LogP contribution in [0, 0.1) is 0 Å². The number of ketones is 1. The molecular weight excluding hydrogens is 290 g/mol. The van der Waals surface area contributed by atoms with E-state index in [0.29, 0.717) is 0 Å². The maximum Gasteiger partial charge on any atom is 0.196 e. The number of nitrogens with zero attached hydrogens (tertiary/aromatic N) is 1. The number of benzene rings is 2. The molecule has 22 heavy (non-hydrogen) atoms. The molecule has 2 aromatic carbocycles. The number of fused-ring (bicyclic) bond motifs is 2. The second-order valence-corrected chi connectivity index (χ2v) is 6.55. The first kappa shape index (κ1) is 13.4. The molecule has 0 saturated carbocycles. The van der Waals surface area contributed by atoms with Crippen molar-refractivity contribution in [3.05, 3.63) is 89.7 Å². The summed E-state index contributed by atoms with van der Waals surface area (Å²) >= 11 is 1.66. The van der Waals surface area contributed by atoms with E-state index in [1.54, 1.807) is 11.8 Å². The Morgan fingerprint density at radius 3 is 2.55 bits per heavy atom. The maximum absolute atomic E-state index is 13.0. The molecular formula is C19H15NOS. The molecule has 108 valence electrons. The van der Waals surface area contributed by atoms with E-state index in [9.17, 15) is 4.79 Å². The minimum atomic E-state index is -0.198. The highest BCUT2D eigenvalue weighted by Crippen LogP contribution is 2.41. The molecule has 0 fully saturated rings. The molecule has 3 heteroatoms. The summed E-state index contributed by atoms with van der Waals surface area (Å²) in [6, 6.07) is 22.3. The number of aromatic nitrogens is 1. The van der Waals surface area contributed by atoms with E-state index in [4.69, 9.17) is 0 Å². The summed E-state index contributed by atoms with van der Waals surface area (Å²) in [5.74, 6) is 0.177. The van der Waals surface area contributed by atoms with Crippen LogP contribution in [-0.4, -0.2) is 10.4 Å². The van der Waals surface area contributed by atoms with E-state index in [1.807, 2.05) is 54.7 Å². The van der Waals surface area contributed by atoms with Gasteiger partial charge in [0.05, 0.1) is 10.9 Å².